The van der Waals surface area contributed by atoms with Crippen molar-refractivity contribution in [2.75, 3.05) is 26.7 Å². The summed E-state index contributed by atoms with van der Waals surface area (Å²) in [6.07, 6.45) is 5.42. The highest BCUT2D eigenvalue weighted by molar-refractivity contribution is 5.78. The second kappa shape index (κ2) is 11.1. The zero-order valence-electron chi connectivity index (χ0n) is 18.9. The number of nitrogens with zero attached hydrogens (tertiary/aromatic N) is 3. The van der Waals surface area contributed by atoms with Gasteiger partial charge in [0.15, 0.2) is 0 Å². The predicted molar refractivity (Wildman–Crippen MR) is 130 cm³/mol. The first-order chi connectivity index (χ1) is 15.7. The average Bonchev–Trinajstić information content (AvgIpc) is 2.87. The molecular weight excluding hydrogens is 394 g/mol. The Kier molecular flexibility index (Phi) is 7.68. The third kappa shape index (κ3) is 5.83. The van der Waals surface area contributed by atoms with Gasteiger partial charge in [0.2, 0.25) is 5.91 Å². The number of hydrogen-bond donors (Lipinski definition) is 0. The highest BCUT2D eigenvalue weighted by Crippen LogP contribution is 2.29. The molecule has 1 aliphatic rings. The molecule has 1 fully saturated rings. The molecule has 0 spiro atoms. The molecular formula is C28H33N3O. The van der Waals surface area contributed by atoms with Crippen molar-refractivity contribution in [1.82, 2.24) is 14.8 Å². The minimum absolute atomic E-state index is 0.0887. The molecule has 32 heavy (non-hydrogen) atoms. The topological polar surface area (TPSA) is 36.4 Å². The van der Waals surface area contributed by atoms with E-state index in [0.29, 0.717) is 12.5 Å². The predicted octanol–water partition coefficient (Wildman–Crippen LogP) is 4.77. The van der Waals surface area contributed by atoms with Gasteiger partial charge in [-0.1, -0.05) is 66.7 Å². The van der Waals surface area contributed by atoms with Gasteiger partial charge >= 0.3 is 0 Å². The van der Waals surface area contributed by atoms with Crippen LogP contribution in [0.4, 0.5) is 0 Å². The second-order valence-corrected chi connectivity index (χ2v) is 8.73. The van der Waals surface area contributed by atoms with Crippen molar-refractivity contribution in [3.8, 4) is 0 Å². The molecule has 4 rings (SSSR count). The Labute approximate surface area is 191 Å². The van der Waals surface area contributed by atoms with Crippen molar-refractivity contribution in [3.63, 3.8) is 0 Å². The first-order valence-electron chi connectivity index (χ1n) is 11.7. The fourth-order valence-corrected chi connectivity index (χ4v) is 4.67. The average molecular weight is 428 g/mol. The maximum absolute atomic E-state index is 13.3. The number of likely N-dealkylation sites (tertiary alicyclic amines) is 1. The molecule has 0 aliphatic carbocycles. The van der Waals surface area contributed by atoms with Crippen molar-refractivity contribution < 1.29 is 4.79 Å². The van der Waals surface area contributed by atoms with Crippen molar-refractivity contribution in [1.29, 1.82) is 0 Å². The van der Waals surface area contributed by atoms with Crippen molar-refractivity contribution >= 4 is 5.91 Å². The summed E-state index contributed by atoms with van der Waals surface area (Å²) in [6, 6.07) is 27.2. The van der Waals surface area contributed by atoms with Crippen LogP contribution in [0.5, 0.6) is 0 Å². The molecule has 2 heterocycles. The Morgan fingerprint density at radius 2 is 1.53 bits per heavy atom. The maximum Gasteiger partial charge on any atom is 0.223 e. The van der Waals surface area contributed by atoms with Gasteiger partial charge in [-0.05, 0) is 36.1 Å². The lowest BCUT2D eigenvalue weighted by atomic mass is 9.88. The van der Waals surface area contributed by atoms with Gasteiger partial charge in [-0.15, -0.1) is 0 Å². The van der Waals surface area contributed by atoms with E-state index in [9.17, 15) is 4.79 Å². The number of benzene rings is 2. The van der Waals surface area contributed by atoms with Gasteiger partial charge in [0.1, 0.15) is 0 Å². The zero-order chi connectivity index (χ0) is 22.2. The minimum Gasteiger partial charge on any atom is -0.343 e. The third-order valence-corrected chi connectivity index (χ3v) is 6.69. The van der Waals surface area contributed by atoms with Crippen molar-refractivity contribution in [2.45, 2.75) is 37.6 Å². The van der Waals surface area contributed by atoms with E-state index in [1.165, 1.54) is 11.1 Å². The maximum atomic E-state index is 13.3. The molecule has 4 nitrogen and oxygen atoms in total. The van der Waals surface area contributed by atoms with Crippen LogP contribution in [0.1, 0.15) is 42.0 Å². The molecule has 0 bridgehead atoms. The van der Waals surface area contributed by atoms with Crippen molar-refractivity contribution in [2.24, 2.45) is 0 Å². The normalized spacial score (nSPS) is 15.1. The Hall–Kier alpha value is -2.98. The van der Waals surface area contributed by atoms with Crippen LogP contribution in [-0.4, -0.2) is 53.4 Å². The van der Waals surface area contributed by atoms with Gasteiger partial charge in [0.05, 0.1) is 0 Å². The Morgan fingerprint density at radius 3 is 2.09 bits per heavy atom. The number of pyridine rings is 1. The molecule has 0 saturated carbocycles. The molecule has 1 aromatic heterocycles. The number of aromatic nitrogens is 1. The molecule has 4 heteroatoms. The number of hydrogen-bond acceptors (Lipinski definition) is 3. The Bertz CT molecular complexity index is 914. The number of carbonyl (C=O) groups excluding carboxylic acids is 1. The lowest BCUT2D eigenvalue weighted by molar-refractivity contribution is -0.133. The molecule has 0 atom stereocenters. The Morgan fingerprint density at radius 1 is 0.938 bits per heavy atom. The van der Waals surface area contributed by atoms with Gasteiger partial charge in [0.25, 0.3) is 0 Å². The number of amides is 1. The summed E-state index contributed by atoms with van der Waals surface area (Å²) in [6.45, 7) is 3.11. The molecule has 0 radical (unpaired) electrons. The standard InChI is InChI=1S/C28H33N3O/c1-30(26-16-20-31(21-17-26)19-15-25-14-8-9-18-29-25)28(32)22-27(23-10-4-2-5-11-23)24-12-6-3-7-13-24/h2-14,18,26-27H,15-17,19-22H2,1H3. The van der Waals surface area contributed by atoms with Crippen LogP contribution in [0.25, 0.3) is 0 Å². The van der Waals surface area contributed by atoms with Gasteiger partial charge < -0.3 is 9.80 Å². The number of piperidine rings is 1. The van der Waals surface area contributed by atoms with E-state index in [2.05, 4.69) is 64.5 Å². The summed E-state index contributed by atoms with van der Waals surface area (Å²) in [7, 11) is 1.99. The lowest BCUT2D eigenvalue weighted by Crippen LogP contribution is -2.46. The quantitative estimate of drug-likeness (QED) is 0.520. The monoisotopic (exact) mass is 427 g/mol. The summed E-state index contributed by atoms with van der Waals surface area (Å²) < 4.78 is 0. The van der Waals surface area contributed by atoms with Crippen LogP contribution in [0.15, 0.2) is 85.1 Å². The molecule has 3 aromatic rings. The number of carbonyl (C=O) groups is 1. The van der Waals surface area contributed by atoms with Gasteiger partial charge in [-0.3, -0.25) is 9.78 Å². The third-order valence-electron chi connectivity index (χ3n) is 6.69. The van der Waals surface area contributed by atoms with Gasteiger partial charge in [-0.25, -0.2) is 0 Å². The van der Waals surface area contributed by atoms with Gasteiger partial charge in [0, 0.05) is 63.4 Å². The SMILES string of the molecule is CN(C(=O)CC(c1ccccc1)c1ccccc1)C1CCN(CCc2ccccn2)CC1. The zero-order valence-corrected chi connectivity index (χ0v) is 18.9. The second-order valence-electron chi connectivity index (χ2n) is 8.73. The van der Waals surface area contributed by atoms with Gasteiger partial charge in [-0.2, -0.15) is 0 Å². The van der Waals surface area contributed by atoms with Crippen LogP contribution < -0.4 is 0 Å². The molecule has 0 N–H and O–H groups in total. The Balaban J connectivity index is 1.33. The van der Waals surface area contributed by atoms with E-state index in [1.54, 1.807) is 0 Å². The molecule has 166 valence electrons. The highest BCUT2D eigenvalue weighted by Gasteiger charge is 2.27. The first-order valence-corrected chi connectivity index (χ1v) is 11.7. The van der Waals surface area contributed by atoms with Crippen LogP contribution in [-0.2, 0) is 11.2 Å². The van der Waals surface area contributed by atoms with E-state index < -0.39 is 0 Å². The van der Waals surface area contributed by atoms with E-state index in [-0.39, 0.29) is 11.8 Å². The number of rotatable bonds is 8. The smallest absolute Gasteiger partial charge is 0.223 e. The van der Waals surface area contributed by atoms with E-state index in [0.717, 1.165) is 44.6 Å². The minimum atomic E-state index is 0.0887. The fraction of sp³-hybridized carbons (Fsp3) is 0.357. The fourth-order valence-electron chi connectivity index (χ4n) is 4.67. The van der Waals surface area contributed by atoms with E-state index in [4.69, 9.17) is 0 Å². The van der Waals surface area contributed by atoms with E-state index >= 15 is 0 Å². The van der Waals surface area contributed by atoms with Crippen LogP contribution >= 0.6 is 0 Å². The molecule has 1 amide bonds. The largest absolute Gasteiger partial charge is 0.343 e. The molecule has 0 unspecified atom stereocenters. The first kappa shape index (κ1) is 22.2. The van der Waals surface area contributed by atoms with Crippen molar-refractivity contribution in [3.05, 3.63) is 102 Å². The van der Waals surface area contributed by atoms with E-state index in [1.807, 2.05) is 42.4 Å². The van der Waals surface area contributed by atoms with Crippen LogP contribution in [0.3, 0.4) is 0 Å². The molecule has 1 saturated heterocycles. The summed E-state index contributed by atoms with van der Waals surface area (Å²) in [4.78, 5) is 22.2. The summed E-state index contributed by atoms with van der Waals surface area (Å²) >= 11 is 0. The lowest BCUT2D eigenvalue weighted by Gasteiger charge is -2.37. The summed E-state index contributed by atoms with van der Waals surface area (Å²) in [5.74, 6) is 0.320. The molecule has 2 aromatic carbocycles. The summed E-state index contributed by atoms with van der Waals surface area (Å²) in [5.41, 5.74) is 3.55. The molecule has 1 aliphatic heterocycles. The highest BCUT2D eigenvalue weighted by atomic mass is 16.2. The summed E-state index contributed by atoms with van der Waals surface area (Å²) in [5, 5.41) is 0. The van der Waals surface area contributed by atoms with Crippen LogP contribution in [0, 0.1) is 0 Å². The van der Waals surface area contributed by atoms with Crippen LogP contribution in [0.2, 0.25) is 0 Å².